The minimum Gasteiger partial charge on any atom is -0.310 e. The Bertz CT molecular complexity index is 557. The van der Waals surface area contributed by atoms with Gasteiger partial charge in [-0.3, -0.25) is 4.98 Å². The Hall–Kier alpha value is -1.68. The largest absolute Gasteiger partial charge is 0.310 e. The number of nitrogens with zero attached hydrogens (tertiary/aromatic N) is 3. The summed E-state index contributed by atoms with van der Waals surface area (Å²) in [5, 5.41) is 3.46. The van der Waals surface area contributed by atoms with Gasteiger partial charge in [0.1, 0.15) is 5.82 Å². The molecule has 0 aliphatic heterocycles. The van der Waals surface area contributed by atoms with E-state index in [1.54, 1.807) is 0 Å². The first kappa shape index (κ1) is 14.7. The second-order valence-corrected chi connectivity index (χ2v) is 5.45. The van der Waals surface area contributed by atoms with Crippen molar-refractivity contribution in [3.05, 3.63) is 41.7 Å². The van der Waals surface area contributed by atoms with Gasteiger partial charge in [0.2, 0.25) is 0 Å². The Morgan fingerprint density at radius 1 is 1.30 bits per heavy atom. The van der Waals surface area contributed by atoms with E-state index in [0.717, 1.165) is 30.9 Å². The van der Waals surface area contributed by atoms with Gasteiger partial charge >= 0.3 is 0 Å². The van der Waals surface area contributed by atoms with Crippen molar-refractivity contribution in [2.45, 2.75) is 53.1 Å². The summed E-state index contributed by atoms with van der Waals surface area (Å²) in [4.78, 5) is 8.90. The lowest BCUT2D eigenvalue weighted by Crippen LogP contribution is -2.23. The van der Waals surface area contributed by atoms with Crippen molar-refractivity contribution >= 4 is 0 Å². The van der Waals surface area contributed by atoms with E-state index in [-0.39, 0.29) is 0 Å². The maximum Gasteiger partial charge on any atom is 0.113 e. The van der Waals surface area contributed by atoms with Crippen molar-refractivity contribution in [2.24, 2.45) is 0 Å². The average Bonchev–Trinajstić information content (AvgIpc) is 2.85. The van der Waals surface area contributed by atoms with E-state index in [9.17, 15) is 0 Å². The number of hydrogen-bond donors (Lipinski definition) is 1. The van der Waals surface area contributed by atoms with E-state index in [1.807, 2.05) is 25.5 Å². The number of pyridine rings is 1. The average molecular weight is 272 g/mol. The summed E-state index contributed by atoms with van der Waals surface area (Å²) in [5.74, 6) is 1.11. The highest BCUT2D eigenvalue weighted by molar-refractivity contribution is 5.42. The molecule has 0 atom stereocenters. The summed E-state index contributed by atoms with van der Waals surface area (Å²) < 4.78 is 2.19. The molecule has 0 radical (unpaired) electrons. The molecule has 2 aromatic rings. The third kappa shape index (κ3) is 3.45. The lowest BCUT2D eigenvalue weighted by atomic mass is 10.2. The molecular weight excluding hydrogens is 248 g/mol. The molecule has 0 spiro atoms. The Balaban J connectivity index is 2.37. The van der Waals surface area contributed by atoms with Gasteiger partial charge in [0.05, 0.1) is 5.69 Å². The van der Waals surface area contributed by atoms with Crippen LogP contribution in [0.1, 0.15) is 44.3 Å². The van der Waals surface area contributed by atoms with Crippen LogP contribution in [0.25, 0.3) is 5.69 Å². The van der Waals surface area contributed by atoms with Crippen molar-refractivity contribution in [3.63, 3.8) is 0 Å². The zero-order chi connectivity index (χ0) is 14.5. The van der Waals surface area contributed by atoms with Gasteiger partial charge < -0.3 is 9.88 Å². The van der Waals surface area contributed by atoms with Crippen LogP contribution < -0.4 is 5.32 Å². The zero-order valence-corrected chi connectivity index (χ0v) is 12.8. The second kappa shape index (κ2) is 6.66. The van der Waals surface area contributed by atoms with Crippen molar-refractivity contribution < 1.29 is 0 Å². The molecule has 0 aliphatic rings. The molecule has 0 saturated carbocycles. The predicted molar refractivity (Wildman–Crippen MR) is 82.1 cm³/mol. The summed E-state index contributed by atoms with van der Waals surface area (Å²) in [7, 11) is 0. The first-order valence-corrected chi connectivity index (χ1v) is 7.33. The van der Waals surface area contributed by atoms with E-state index in [4.69, 9.17) is 0 Å². The van der Waals surface area contributed by atoms with E-state index in [0.29, 0.717) is 6.04 Å². The van der Waals surface area contributed by atoms with Crippen LogP contribution in [-0.2, 0) is 13.0 Å². The summed E-state index contributed by atoms with van der Waals surface area (Å²) >= 11 is 0. The second-order valence-electron chi connectivity index (χ2n) is 5.45. The molecule has 0 aliphatic carbocycles. The summed E-state index contributed by atoms with van der Waals surface area (Å²) in [5.41, 5.74) is 3.43. The third-order valence-electron chi connectivity index (χ3n) is 3.25. The Labute approximate surface area is 121 Å². The molecular formula is C16H24N4. The van der Waals surface area contributed by atoms with Crippen LogP contribution in [0.2, 0.25) is 0 Å². The van der Waals surface area contributed by atoms with Gasteiger partial charge in [-0.15, -0.1) is 0 Å². The van der Waals surface area contributed by atoms with Crippen LogP contribution in [-0.4, -0.2) is 20.6 Å². The fourth-order valence-electron chi connectivity index (χ4n) is 2.21. The van der Waals surface area contributed by atoms with Gasteiger partial charge in [-0.25, -0.2) is 4.98 Å². The van der Waals surface area contributed by atoms with E-state index >= 15 is 0 Å². The highest BCUT2D eigenvalue weighted by Crippen LogP contribution is 2.18. The lowest BCUT2D eigenvalue weighted by Gasteiger charge is -2.15. The Morgan fingerprint density at radius 2 is 2.10 bits per heavy atom. The lowest BCUT2D eigenvalue weighted by molar-refractivity contribution is 0.586. The van der Waals surface area contributed by atoms with Crippen LogP contribution in [0.15, 0.2) is 24.7 Å². The topological polar surface area (TPSA) is 42.7 Å². The molecule has 0 bridgehead atoms. The van der Waals surface area contributed by atoms with Gasteiger partial charge in [-0.1, -0.05) is 20.8 Å². The number of aryl methyl sites for hydroxylation is 2. The highest BCUT2D eigenvalue weighted by Gasteiger charge is 2.10. The van der Waals surface area contributed by atoms with Crippen LogP contribution >= 0.6 is 0 Å². The molecule has 1 N–H and O–H groups in total. The molecule has 2 aromatic heterocycles. The predicted octanol–water partition coefficient (Wildman–Crippen LogP) is 3.03. The quantitative estimate of drug-likeness (QED) is 0.879. The van der Waals surface area contributed by atoms with Crippen molar-refractivity contribution in [2.75, 3.05) is 0 Å². The molecule has 0 unspecified atom stereocenters. The molecule has 108 valence electrons. The van der Waals surface area contributed by atoms with E-state index < -0.39 is 0 Å². The van der Waals surface area contributed by atoms with Crippen molar-refractivity contribution in [3.8, 4) is 5.69 Å². The van der Waals surface area contributed by atoms with Crippen LogP contribution in [0, 0.1) is 6.92 Å². The highest BCUT2D eigenvalue weighted by atomic mass is 15.1. The fourth-order valence-corrected chi connectivity index (χ4v) is 2.21. The van der Waals surface area contributed by atoms with Gasteiger partial charge in [0, 0.05) is 48.9 Å². The Kier molecular flexibility index (Phi) is 4.90. The smallest absolute Gasteiger partial charge is 0.113 e. The molecule has 4 nitrogen and oxygen atoms in total. The van der Waals surface area contributed by atoms with Gasteiger partial charge in [0.25, 0.3) is 0 Å². The molecule has 20 heavy (non-hydrogen) atoms. The first-order chi connectivity index (χ1) is 9.61. The number of hydrogen-bond acceptors (Lipinski definition) is 3. The normalized spacial score (nSPS) is 11.2. The monoisotopic (exact) mass is 272 g/mol. The molecule has 0 amide bonds. The van der Waals surface area contributed by atoms with E-state index in [2.05, 4.69) is 46.7 Å². The minimum absolute atomic E-state index is 0.460. The Morgan fingerprint density at radius 3 is 2.80 bits per heavy atom. The first-order valence-electron chi connectivity index (χ1n) is 7.33. The number of nitrogens with one attached hydrogen (secondary N) is 1. The molecule has 0 fully saturated rings. The SMILES string of the molecule is CCCc1nccn1-c1cc(C)ncc1CNC(C)C. The number of aromatic nitrogens is 3. The summed E-state index contributed by atoms with van der Waals surface area (Å²) in [6.07, 6.45) is 7.97. The molecule has 2 rings (SSSR count). The maximum atomic E-state index is 4.47. The number of imidazole rings is 1. The fraction of sp³-hybridized carbons (Fsp3) is 0.500. The molecule has 0 saturated heterocycles. The van der Waals surface area contributed by atoms with Gasteiger partial charge in [-0.05, 0) is 19.4 Å². The molecule has 0 aromatic carbocycles. The van der Waals surface area contributed by atoms with Crippen LogP contribution in [0.4, 0.5) is 0 Å². The van der Waals surface area contributed by atoms with Gasteiger partial charge in [0.15, 0.2) is 0 Å². The summed E-state index contributed by atoms with van der Waals surface area (Å²) in [6.45, 7) is 9.34. The van der Waals surface area contributed by atoms with Crippen LogP contribution in [0.3, 0.4) is 0 Å². The van der Waals surface area contributed by atoms with Crippen molar-refractivity contribution in [1.29, 1.82) is 0 Å². The summed E-state index contributed by atoms with van der Waals surface area (Å²) in [6, 6.07) is 2.60. The minimum atomic E-state index is 0.460. The maximum absolute atomic E-state index is 4.47. The standard InChI is InChI=1S/C16H24N4/c1-5-6-16-17-7-8-20(16)15-9-13(4)19-11-14(15)10-18-12(2)3/h7-9,11-12,18H,5-6,10H2,1-4H3. The molecule has 2 heterocycles. The third-order valence-corrected chi connectivity index (χ3v) is 3.25. The zero-order valence-electron chi connectivity index (χ0n) is 12.8. The van der Waals surface area contributed by atoms with Crippen molar-refractivity contribution in [1.82, 2.24) is 19.9 Å². The number of rotatable bonds is 6. The van der Waals surface area contributed by atoms with E-state index in [1.165, 1.54) is 11.3 Å². The molecule has 4 heteroatoms. The van der Waals surface area contributed by atoms with Crippen LogP contribution in [0.5, 0.6) is 0 Å². The van der Waals surface area contributed by atoms with Gasteiger partial charge in [-0.2, -0.15) is 0 Å².